The molecule has 1 amide bonds. The van der Waals surface area contributed by atoms with Crippen molar-refractivity contribution < 1.29 is 19.1 Å². The van der Waals surface area contributed by atoms with Crippen molar-refractivity contribution in [1.29, 1.82) is 0 Å². The molecule has 0 atom stereocenters. The van der Waals surface area contributed by atoms with Gasteiger partial charge in [-0.25, -0.2) is 4.39 Å². The van der Waals surface area contributed by atoms with Gasteiger partial charge in [-0.2, -0.15) is 0 Å². The number of carbonyl (C=O) groups is 2. The van der Waals surface area contributed by atoms with Crippen LogP contribution in [0.1, 0.15) is 28.9 Å². The zero-order valence-electron chi connectivity index (χ0n) is 11.0. The van der Waals surface area contributed by atoms with E-state index in [1.165, 1.54) is 12.1 Å². The summed E-state index contributed by atoms with van der Waals surface area (Å²) in [6, 6.07) is 4.41. The maximum atomic E-state index is 13.3. The fourth-order valence-electron chi connectivity index (χ4n) is 2.03. The summed E-state index contributed by atoms with van der Waals surface area (Å²) in [6.45, 7) is 2.06. The summed E-state index contributed by atoms with van der Waals surface area (Å²) in [5.74, 6) is -1.58. The van der Waals surface area contributed by atoms with E-state index < -0.39 is 5.97 Å². The molecule has 0 bridgehead atoms. The predicted molar refractivity (Wildman–Crippen MR) is 72.2 cm³/mol. The number of amides is 1. The van der Waals surface area contributed by atoms with Crippen LogP contribution in [0.3, 0.4) is 0 Å². The number of hydrogen-bond donors (Lipinski definition) is 3. The van der Waals surface area contributed by atoms with Crippen molar-refractivity contribution in [3.63, 3.8) is 0 Å². The van der Waals surface area contributed by atoms with Gasteiger partial charge >= 0.3 is 5.97 Å². The Morgan fingerprint density at radius 3 is 2.80 bits per heavy atom. The van der Waals surface area contributed by atoms with Crippen LogP contribution < -0.4 is 5.32 Å². The van der Waals surface area contributed by atoms with Crippen molar-refractivity contribution in [2.45, 2.75) is 19.8 Å². The van der Waals surface area contributed by atoms with Crippen molar-refractivity contribution in [1.82, 2.24) is 10.3 Å². The number of nitrogens with one attached hydrogen (secondary N) is 2. The lowest BCUT2D eigenvalue weighted by Gasteiger charge is -2.01. The molecule has 1 aromatic heterocycles. The van der Waals surface area contributed by atoms with Crippen molar-refractivity contribution >= 4 is 22.8 Å². The number of rotatable bonds is 5. The molecule has 0 fully saturated rings. The number of carboxylic acid groups (broad SMARTS) is 1. The van der Waals surface area contributed by atoms with E-state index in [-0.39, 0.29) is 24.7 Å². The highest BCUT2D eigenvalue weighted by Crippen LogP contribution is 2.21. The molecule has 6 heteroatoms. The van der Waals surface area contributed by atoms with E-state index in [9.17, 15) is 14.0 Å². The van der Waals surface area contributed by atoms with Gasteiger partial charge in [0.1, 0.15) is 11.5 Å². The second kappa shape index (κ2) is 5.73. The third-order valence-electron chi connectivity index (χ3n) is 3.01. The van der Waals surface area contributed by atoms with E-state index >= 15 is 0 Å². The first-order valence-corrected chi connectivity index (χ1v) is 6.26. The van der Waals surface area contributed by atoms with Gasteiger partial charge in [0, 0.05) is 23.9 Å². The summed E-state index contributed by atoms with van der Waals surface area (Å²) in [6.07, 6.45) is 0.381. The molecule has 0 saturated heterocycles. The number of carbonyl (C=O) groups excluding carboxylic acids is 1. The first kappa shape index (κ1) is 14.0. The van der Waals surface area contributed by atoms with E-state index in [4.69, 9.17) is 5.11 Å². The number of hydrogen-bond acceptors (Lipinski definition) is 2. The molecule has 0 unspecified atom stereocenters. The lowest BCUT2D eigenvalue weighted by Crippen LogP contribution is -2.25. The summed E-state index contributed by atoms with van der Waals surface area (Å²) in [5, 5.41) is 11.9. The number of benzene rings is 1. The highest BCUT2D eigenvalue weighted by Gasteiger charge is 2.11. The second-order valence-electron chi connectivity index (χ2n) is 4.62. The van der Waals surface area contributed by atoms with Gasteiger partial charge in [-0.15, -0.1) is 0 Å². The number of halogens is 1. The summed E-state index contributed by atoms with van der Waals surface area (Å²) in [5.41, 5.74) is 1.66. The molecular weight excluding hydrogens is 263 g/mol. The molecule has 0 saturated carbocycles. The number of H-pyrrole nitrogens is 1. The molecule has 2 aromatic rings. The van der Waals surface area contributed by atoms with Crippen LogP contribution >= 0.6 is 0 Å². The standard InChI is InChI=1S/C14H15FN2O3/c1-8-5-9(15)6-11-10(8)7-12(17-11)14(20)16-4-2-3-13(18)19/h5-7,17H,2-4H2,1H3,(H,16,20)(H,18,19). The Hall–Kier alpha value is -2.37. The van der Waals surface area contributed by atoms with E-state index in [0.29, 0.717) is 17.6 Å². The molecule has 20 heavy (non-hydrogen) atoms. The first-order chi connectivity index (χ1) is 9.47. The smallest absolute Gasteiger partial charge is 0.303 e. The fraction of sp³-hybridized carbons (Fsp3) is 0.286. The Balaban J connectivity index is 2.07. The normalized spacial score (nSPS) is 10.7. The summed E-state index contributed by atoms with van der Waals surface area (Å²) < 4.78 is 13.3. The SMILES string of the molecule is Cc1cc(F)cc2[nH]c(C(=O)NCCCC(=O)O)cc12. The molecule has 0 aliphatic rings. The molecule has 3 N–H and O–H groups in total. The van der Waals surface area contributed by atoms with Gasteiger partial charge in [-0.05, 0) is 37.1 Å². The topological polar surface area (TPSA) is 82.2 Å². The Bertz CT molecular complexity index is 664. The van der Waals surface area contributed by atoms with Gasteiger partial charge < -0.3 is 15.4 Å². The van der Waals surface area contributed by atoms with Gasteiger partial charge in [0.25, 0.3) is 5.91 Å². The van der Waals surface area contributed by atoms with Crippen LogP contribution in [0.15, 0.2) is 18.2 Å². The van der Waals surface area contributed by atoms with E-state index in [1.54, 1.807) is 13.0 Å². The van der Waals surface area contributed by atoms with Crippen LogP contribution in [0.4, 0.5) is 4.39 Å². The summed E-state index contributed by atoms with van der Waals surface area (Å²) in [4.78, 5) is 25.1. The number of aliphatic carboxylic acids is 1. The molecular formula is C14H15FN2O3. The van der Waals surface area contributed by atoms with Crippen LogP contribution in [-0.4, -0.2) is 28.5 Å². The van der Waals surface area contributed by atoms with Crippen LogP contribution in [0.2, 0.25) is 0 Å². The van der Waals surface area contributed by atoms with Gasteiger partial charge in [0.15, 0.2) is 0 Å². The number of aromatic amines is 1. The van der Waals surface area contributed by atoms with Crippen LogP contribution in [0.5, 0.6) is 0 Å². The molecule has 0 radical (unpaired) electrons. The first-order valence-electron chi connectivity index (χ1n) is 6.26. The van der Waals surface area contributed by atoms with Crippen LogP contribution in [0, 0.1) is 12.7 Å². The van der Waals surface area contributed by atoms with E-state index in [2.05, 4.69) is 10.3 Å². The average Bonchev–Trinajstić information content (AvgIpc) is 2.78. The zero-order valence-corrected chi connectivity index (χ0v) is 11.0. The lowest BCUT2D eigenvalue weighted by atomic mass is 10.1. The molecule has 2 rings (SSSR count). The number of carboxylic acids is 1. The van der Waals surface area contributed by atoms with Gasteiger partial charge in [-0.3, -0.25) is 9.59 Å². The summed E-state index contributed by atoms with van der Waals surface area (Å²) in [7, 11) is 0. The third kappa shape index (κ3) is 3.14. The second-order valence-corrected chi connectivity index (χ2v) is 4.62. The monoisotopic (exact) mass is 278 g/mol. The maximum Gasteiger partial charge on any atom is 0.303 e. The number of fused-ring (bicyclic) bond motifs is 1. The largest absolute Gasteiger partial charge is 0.481 e. The number of aromatic nitrogens is 1. The quantitative estimate of drug-likeness (QED) is 0.733. The molecule has 106 valence electrons. The minimum absolute atomic E-state index is 0.0112. The molecule has 0 spiro atoms. The maximum absolute atomic E-state index is 13.3. The fourth-order valence-corrected chi connectivity index (χ4v) is 2.03. The average molecular weight is 278 g/mol. The molecule has 1 aromatic carbocycles. The van der Waals surface area contributed by atoms with E-state index in [0.717, 1.165) is 10.9 Å². The molecule has 5 nitrogen and oxygen atoms in total. The highest BCUT2D eigenvalue weighted by molar-refractivity contribution is 5.98. The Morgan fingerprint density at radius 2 is 2.10 bits per heavy atom. The minimum Gasteiger partial charge on any atom is -0.481 e. The third-order valence-corrected chi connectivity index (χ3v) is 3.01. The van der Waals surface area contributed by atoms with Crippen LogP contribution in [0.25, 0.3) is 10.9 Å². The molecule has 0 aliphatic carbocycles. The van der Waals surface area contributed by atoms with Crippen molar-refractivity contribution in [2.24, 2.45) is 0 Å². The van der Waals surface area contributed by atoms with Crippen molar-refractivity contribution in [3.05, 3.63) is 35.3 Å². The Labute approximate surface area is 114 Å². The predicted octanol–water partition coefficient (Wildman–Crippen LogP) is 2.21. The highest BCUT2D eigenvalue weighted by atomic mass is 19.1. The zero-order chi connectivity index (χ0) is 14.7. The van der Waals surface area contributed by atoms with Crippen molar-refractivity contribution in [3.8, 4) is 0 Å². The lowest BCUT2D eigenvalue weighted by molar-refractivity contribution is -0.137. The van der Waals surface area contributed by atoms with Crippen LogP contribution in [-0.2, 0) is 4.79 Å². The molecule has 0 aliphatic heterocycles. The van der Waals surface area contributed by atoms with Gasteiger partial charge in [0.05, 0.1) is 0 Å². The Kier molecular flexibility index (Phi) is 4.02. The number of aryl methyl sites for hydroxylation is 1. The van der Waals surface area contributed by atoms with Gasteiger partial charge in [-0.1, -0.05) is 0 Å². The van der Waals surface area contributed by atoms with Gasteiger partial charge in [0.2, 0.25) is 0 Å². The molecule has 1 heterocycles. The Morgan fingerprint density at radius 1 is 1.35 bits per heavy atom. The van der Waals surface area contributed by atoms with Crippen molar-refractivity contribution in [2.75, 3.05) is 6.54 Å². The van der Waals surface area contributed by atoms with E-state index in [1.807, 2.05) is 0 Å². The minimum atomic E-state index is -0.893. The summed E-state index contributed by atoms with van der Waals surface area (Å²) >= 11 is 0.